The fourth-order valence-corrected chi connectivity index (χ4v) is 1.85. The predicted octanol–water partition coefficient (Wildman–Crippen LogP) is 3.62. The Kier molecular flexibility index (Phi) is 5.95. The molecule has 0 spiro atoms. The van der Waals surface area contributed by atoms with Crippen LogP contribution in [0.1, 0.15) is 57.6 Å². The van der Waals surface area contributed by atoms with Gasteiger partial charge in [0.05, 0.1) is 11.9 Å². The number of nitrogens with zero attached hydrogens (tertiary/aromatic N) is 3. The predicted molar refractivity (Wildman–Crippen MR) is 73.5 cm³/mol. The molecule has 3 nitrogen and oxygen atoms in total. The Bertz CT molecular complexity index is 323. The second kappa shape index (κ2) is 7.25. The van der Waals surface area contributed by atoms with Crippen LogP contribution in [0.3, 0.4) is 0 Å². The highest BCUT2D eigenvalue weighted by molar-refractivity contribution is 5.34. The molecule has 0 saturated carbocycles. The summed E-state index contributed by atoms with van der Waals surface area (Å²) >= 11 is 0. The molecule has 1 heterocycles. The Balaban J connectivity index is 2.50. The van der Waals surface area contributed by atoms with Gasteiger partial charge >= 0.3 is 0 Å². The van der Waals surface area contributed by atoms with Crippen LogP contribution in [0.4, 0.5) is 5.82 Å². The van der Waals surface area contributed by atoms with Gasteiger partial charge in [-0.25, -0.2) is 4.98 Å². The van der Waals surface area contributed by atoms with E-state index >= 15 is 0 Å². The van der Waals surface area contributed by atoms with Crippen LogP contribution in [0.25, 0.3) is 0 Å². The topological polar surface area (TPSA) is 29.0 Å². The Morgan fingerprint density at radius 3 is 2.59 bits per heavy atom. The van der Waals surface area contributed by atoms with E-state index in [0.29, 0.717) is 5.92 Å². The van der Waals surface area contributed by atoms with Gasteiger partial charge < -0.3 is 4.90 Å². The van der Waals surface area contributed by atoms with Crippen LogP contribution in [0, 0.1) is 0 Å². The van der Waals surface area contributed by atoms with Gasteiger partial charge in [-0.2, -0.15) is 0 Å². The van der Waals surface area contributed by atoms with E-state index in [2.05, 4.69) is 23.8 Å². The summed E-state index contributed by atoms with van der Waals surface area (Å²) in [5.41, 5.74) is 1.12. The molecule has 1 aromatic heterocycles. The number of aromatic nitrogens is 2. The molecule has 0 amide bonds. The lowest BCUT2D eigenvalue weighted by molar-refractivity contribution is 0.570. The molecule has 0 aliphatic heterocycles. The Morgan fingerprint density at radius 2 is 1.94 bits per heavy atom. The van der Waals surface area contributed by atoms with Crippen LogP contribution in [-0.2, 0) is 0 Å². The lowest BCUT2D eigenvalue weighted by Crippen LogP contribution is -2.12. The molecule has 0 saturated heterocycles. The van der Waals surface area contributed by atoms with Crippen molar-refractivity contribution in [3.8, 4) is 0 Å². The first-order valence-corrected chi connectivity index (χ1v) is 6.64. The average molecular weight is 235 g/mol. The maximum atomic E-state index is 4.63. The normalized spacial score (nSPS) is 12.5. The summed E-state index contributed by atoms with van der Waals surface area (Å²) in [5, 5.41) is 0. The summed E-state index contributed by atoms with van der Waals surface area (Å²) in [6.07, 6.45) is 10.2. The Labute approximate surface area is 105 Å². The zero-order chi connectivity index (χ0) is 12.7. The van der Waals surface area contributed by atoms with E-state index in [-0.39, 0.29) is 0 Å². The van der Waals surface area contributed by atoms with Crippen LogP contribution in [0.15, 0.2) is 12.4 Å². The van der Waals surface area contributed by atoms with Crippen molar-refractivity contribution < 1.29 is 0 Å². The molecule has 3 heteroatoms. The summed E-state index contributed by atoms with van der Waals surface area (Å²) in [6.45, 7) is 4.49. The van der Waals surface area contributed by atoms with E-state index < -0.39 is 0 Å². The average Bonchev–Trinajstić information content (AvgIpc) is 2.34. The molecule has 0 radical (unpaired) electrons. The summed E-state index contributed by atoms with van der Waals surface area (Å²) in [4.78, 5) is 10.9. The maximum Gasteiger partial charge on any atom is 0.146 e. The minimum absolute atomic E-state index is 0.513. The lowest BCUT2D eigenvalue weighted by atomic mass is 10.00. The van der Waals surface area contributed by atoms with Crippen molar-refractivity contribution in [2.24, 2.45) is 0 Å². The molecule has 1 rings (SSSR count). The van der Waals surface area contributed by atoms with Gasteiger partial charge in [-0.05, 0) is 6.42 Å². The molecule has 1 aromatic rings. The van der Waals surface area contributed by atoms with Crippen LogP contribution in [0.2, 0.25) is 0 Å². The zero-order valence-corrected chi connectivity index (χ0v) is 11.6. The van der Waals surface area contributed by atoms with Crippen LogP contribution in [-0.4, -0.2) is 24.1 Å². The van der Waals surface area contributed by atoms with Crippen molar-refractivity contribution in [1.29, 1.82) is 0 Å². The third kappa shape index (κ3) is 4.72. The standard InChI is InChI=1S/C14H25N3/c1-5-6-7-8-9-12(2)13-10-15-11-14(16-13)17(3)4/h10-12H,5-9H2,1-4H3. The minimum atomic E-state index is 0.513. The third-order valence-electron chi connectivity index (χ3n) is 3.09. The first-order valence-electron chi connectivity index (χ1n) is 6.64. The quantitative estimate of drug-likeness (QED) is 0.676. The van der Waals surface area contributed by atoms with Crippen LogP contribution in [0.5, 0.6) is 0 Å². The van der Waals surface area contributed by atoms with E-state index in [4.69, 9.17) is 0 Å². The summed E-state index contributed by atoms with van der Waals surface area (Å²) in [7, 11) is 4.00. The van der Waals surface area contributed by atoms with Gasteiger partial charge in [-0.1, -0.05) is 39.5 Å². The number of hydrogen-bond acceptors (Lipinski definition) is 3. The smallest absolute Gasteiger partial charge is 0.146 e. The first-order chi connectivity index (χ1) is 8.15. The largest absolute Gasteiger partial charge is 0.361 e. The summed E-state index contributed by atoms with van der Waals surface area (Å²) < 4.78 is 0. The molecule has 0 aromatic carbocycles. The van der Waals surface area contributed by atoms with Crippen molar-refractivity contribution in [1.82, 2.24) is 9.97 Å². The third-order valence-corrected chi connectivity index (χ3v) is 3.09. The first kappa shape index (κ1) is 13.9. The molecule has 0 aliphatic rings. The molecule has 1 unspecified atom stereocenters. The summed E-state index contributed by atoms with van der Waals surface area (Å²) in [6, 6.07) is 0. The van der Waals surface area contributed by atoms with Crippen LogP contribution >= 0.6 is 0 Å². The van der Waals surface area contributed by atoms with Crippen molar-refractivity contribution in [2.45, 2.75) is 51.9 Å². The van der Waals surface area contributed by atoms with Gasteiger partial charge in [0.25, 0.3) is 0 Å². The molecule has 0 N–H and O–H groups in total. The number of hydrogen-bond donors (Lipinski definition) is 0. The highest BCUT2D eigenvalue weighted by Gasteiger charge is 2.08. The molecule has 1 atom stereocenters. The SMILES string of the molecule is CCCCCCC(C)c1cncc(N(C)C)n1. The van der Waals surface area contributed by atoms with Gasteiger partial charge in [0, 0.05) is 26.2 Å². The van der Waals surface area contributed by atoms with Crippen molar-refractivity contribution in [2.75, 3.05) is 19.0 Å². The fraction of sp³-hybridized carbons (Fsp3) is 0.714. The van der Waals surface area contributed by atoms with Gasteiger partial charge in [-0.3, -0.25) is 4.98 Å². The van der Waals surface area contributed by atoms with E-state index in [1.807, 2.05) is 31.4 Å². The van der Waals surface area contributed by atoms with Crippen LogP contribution < -0.4 is 4.90 Å². The van der Waals surface area contributed by atoms with Gasteiger partial charge in [-0.15, -0.1) is 0 Å². The molecule has 96 valence electrons. The number of anilines is 1. The van der Waals surface area contributed by atoms with E-state index in [9.17, 15) is 0 Å². The van der Waals surface area contributed by atoms with Gasteiger partial charge in [0.2, 0.25) is 0 Å². The number of unbranched alkanes of at least 4 members (excludes halogenated alkanes) is 3. The second-order valence-electron chi connectivity index (χ2n) is 4.95. The molecule has 0 bridgehead atoms. The highest BCUT2D eigenvalue weighted by atomic mass is 15.1. The fourth-order valence-electron chi connectivity index (χ4n) is 1.85. The van der Waals surface area contributed by atoms with Gasteiger partial charge in [0.1, 0.15) is 5.82 Å². The molecular formula is C14H25N3. The van der Waals surface area contributed by atoms with Crippen molar-refractivity contribution in [3.05, 3.63) is 18.1 Å². The number of rotatable bonds is 7. The molecule has 0 aliphatic carbocycles. The molecule has 17 heavy (non-hydrogen) atoms. The minimum Gasteiger partial charge on any atom is -0.361 e. The Hall–Kier alpha value is -1.12. The zero-order valence-electron chi connectivity index (χ0n) is 11.6. The highest BCUT2D eigenvalue weighted by Crippen LogP contribution is 2.21. The molecule has 0 fully saturated rings. The Morgan fingerprint density at radius 1 is 1.18 bits per heavy atom. The second-order valence-corrected chi connectivity index (χ2v) is 4.95. The lowest BCUT2D eigenvalue weighted by Gasteiger charge is -2.15. The van der Waals surface area contributed by atoms with Crippen molar-refractivity contribution in [3.63, 3.8) is 0 Å². The van der Waals surface area contributed by atoms with E-state index in [1.54, 1.807) is 0 Å². The van der Waals surface area contributed by atoms with Gasteiger partial charge in [0.15, 0.2) is 0 Å². The monoisotopic (exact) mass is 235 g/mol. The summed E-state index contributed by atoms with van der Waals surface area (Å²) in [5.74, 6) is 1.46. The van der Waals surface area contributed by atoms with Crippen molar-refractivity contribution >= 4 is 5.82 Å². The maximum absolute atomic E-state index is 4.63. The van der Waals surface area contributed by atoms with E-state index in [1.165, 1.54) is 32.1 Å². The van der Waals surface area contributed by atoms with E-state index in [0.717, 1.165) is 11.5 Å². The molecular weight excluding hydrogens is 210 g/mol.